The van der Waals surface area contributed by atoms with Crippen LogP contribution in [0.5, 0.6) is 0 Å². The van der Waals surface area contributed by atoms with E-state index in [-0.39, 0.29) is 12.2 Å². The van der Waals surface area contributed by atoms with Gasteiger partial charge in [-0.05, 0) is 41.5 Å². The lowest BCUT2D eigenvalue weighted by molar-refractivity contribution is 0.136. The first kappa shape index (κ1) is 17.5. The molecule has 0 radical (unpaired) electrons. The zero-order valence-corrected chi connectivity index (χ0v) is 14.9. The molecule has 0 spiro atoms. The second-order valence-corrected chi connectivity index (χ2v) is 7.32. The molecule has 2 heterocycles. The fourth-order valence-electron chi connectivity index (χ4n) is 4.37. The van der Waals surface area contributed by atoms with Crippen LogP contribution >= 0.6 is 0 Å². The van der Waals surface area contributed by atoms with Gasteiger partial charge in [0.1, 0.15) is 23.5 Å². The highest BCUT2D eigenvalue weighted by Crippen LogP contribution is 2.39. The Bertz CT molecular complexity index is 1060. The number of nitrogens with one attached hydrogen (secondary N) is 1. The van der Waals surface area contributed by atoms with Crippen LogP contribution in [-0.2, 0) is 19.4 Å². The molecule has 2 atom stereocenters. The number of rotatable bonds is 2. The van der Waals surface area contributed by atoms with Crippen molar-refractivity contribution >= 4 is 0 Å². The maximum atomic E-state index is 14.2. The summed E-state index contributed by atoms with van der Waals surface area (Å²) in [5, 5.41) is 18.7. The van der Waals surface area contributed by atoms with Crippen LogP contribution in [0.25, 0.3) is 11.3 Å². The van der Waals surface area contributed by atoms with Crippen LogP contribution in [0.15, 0.2) is 36.4 Å². The van der Waals surface area contributed by atoms with E-state index < -0.39 is 23.8 Å². The van der Waals surface area contributed by atoms with E-state index in [1.165, 1.54) is 18.2 Å². The summed E-state index contributed by atoms with van der Waals surface area (Å²) in [6.07, 6.45) is -0.101. The molecule has 28 heavy (non-hydrogen) atoms. The van der Waals surface area contributed by atoms with Gasteiger partial charge in [0.05, 0.1) is 11.8 Å². The van der Waals surface area contributed by atoms with Crippen molar-refractivity contribution in [3.8, 4) is 11.3 Å². The minimum absolute atomic E-state index is 0.116. The highest BCUT2D eigenvalue weighted by molar-refractivity contribution is 5.64. The number of benzene rings is 2. The van der Waals surface area contributed by atoms with Crippen LogP contribution in [0.4, 0.5) is 13.2 Å². The van der Waals surface area contributed by atoms with E-state index >= 15 is 0 Å². The molecule has 2 aromatic carbocycles. The number of halogens is 3. The van der Waals surface area contributed by atoms with Crippen LogP contribution in [0.2, 0.25) is 0 Å². The van der Waals surface area contributed by atoms with Gasteiger partial charge in [0.25, 0.3) is 0 Å². The maximum Gasteiger partial charge on any atom is 0.129 e. The van der Waals surface area contributed by atoms with Gasteiger partial charge < -0.3 is 10.4 Å². The number of aromatic nitrogens is 2. The Kier molecular flexibility index (Phi) is 4.03. The molecule has 0 bridgehead atoms. The third kappa shape index (κ3) is 2.65. The lowest BCUT2D eigenvalue weighted by atomic mass is 10.0. The molecular weight excluding hydrogens is 367 g/mol. The van der Waals surface area contributed by atoms with Gasteiger partial charge in [0, 0.05) is 48.8 Å². The lowest BCUT2D eigenvalue weighted by Crippen LogP contribution is -2.29. The van der Waals surface area contributed by atoms with Crippen molar-refractivity contribution in [3.63, 3.8) is 0 Å². The van der Waals surface area contributed by atoms with Crippen LogP contribution in [0.3, 0.4) is 0 Å². The van der Waals surface area contributed by atoms with Crippen LogP contribution in [0, 0.1) is 17.5 Å². The minimum atomic E-state index is -0.897. The first-order chi connectivity index (χ1) is 13.5. The topological polar surface area (TPSA) is 50.1 Å². The van der Waals surface area contributed by atoms with E-state index in [0.717, 1.165) is 29.4 Å². The van der Waals surface area contributed by atoms with Crippen molar-refractivity contribution in [2.45, 2.75) is 31.5 Å². The average Bonchev–Trinajstić information content (AvgIpc) is 3.20. The van der Waals surface area contributed by atoms with Gasteiger partial charge in [0.2, 0.25) is 0 Å². The normalized spacial score (nSPS) is 20.9. The SMILES string of the molecule is O[C@@H]1Cc2c(F)cc(F)cc2C1n1nc(-c2ccc(F)cc2)c2c1CCNC2. The molecule has 1 aromatic heterocycles. The number of aliphatic hydroxyl groups excluding tert-OH is 1. The van der Waals surface area contributed by atoms with E-state index in [9.17, 15) is 18.3 Å². The van der Waals surface area contributed by atoms with Gasteiger partial charge in [-0.25, -0.2) is 13.2 Å². The zero-order valence-electron chi connectivity index (χ0n) is 14.9. The summed E-state index contributed by atoms with van der Waals surface area (Å²) in [5.74, 6) is -1.64. The minimum Gasteiger partial charge on any atom is -0.390 e. The van der Waals surface area contributed by atoms with Gasteiger partial charge >= 0.3 is 0 Å². The largest absolute Gasteiger partial charge is 0.390 e. The van der Waals surface area contributed by atoms with Gasteiger partial charge in [-0.3, -0.25) is 4.68 Å². The molecule has 7 heteroatoms. The summed E-state index contributed by atoms with van der Waals surface area (Å²) in [7, 11) is 0. The van der Waals surface area contributed by atoms with Gasteiger partial charge in [-0.1, -0.05) is 0 Å². The van der Waals surface area contributed by atoms with E-state index in [2.05, 4.69) is 5.32 Å². The molecule has 0 fully saturated rings. The van der Waals surface area contributed by atoms with Crippen molar-refractivity contribution < 1.29 is 18.3 Å². The third-order valence-electron chi connectivity index (χ3n) is 5.63. The number of nitrogens with zero attached hydrogens (tertiary/aromatic N) is 2. The van der Waals surface area contributed by atoms with Gasteiger partial charge in [0.15, 0.2) is 0 Å². The standard InChI is InChI=1S/C21H18F3N3O/c22-12-3-1-11(2-4-12)20-16-10-25-6-5-18(16)27(26-20)21-15-7-13(23)8-17(24)14(15)9-19(21)28/h1-4,7-8,19,21,25,28H,5-6,9-10H2/t19-,21?/m1/s1. The molecule has 0 saturated heterocycles. The van der Waals surface area contributed by atoms with E-state index in [1.54, 1.807) is 16.8 Å². The Labute approximate surface area is 159 Å². The highest BCUT2D eigenvalue weighted by Gasteiger charge is 2.38. The molecule has 2 N–H and O–H groups in total. The second-order valence-electron chi connectivity index (χ2n) is 7.32. The monoisotopic (exact) mass is 385 g/mol. The quantitative estimate of drug-likeness (QED) is 0.713. The van der Waals surface area contributed by atoms with Crippen molar-refractivity contribution in [3.05, 3.63) is 76.2 Å². The molecule has 144 valence electrons. The third-order valence-corrected chi connectivity index (χ3v) is 5.63. The maximum absolute atomic E-state index is 14.2. The van der Waals surface area contributed by atoms with E-state index in [0.29, 0.717) is 29.8 Å². The van der Waals surface area contributed by atoms with E-state index in [1.807, 2.05) is 0 Å². The second kappa shape index (κ2) is 6.46. The predicted molar refractivity (Wildman–Crippen MR) is 97.2 cm³/mol. The van der Waals surface area contributed by atoms with E-state index in [4.69, 9.17) is 5.10 Å². The molecule has 1 aliphatic heterocycles. The van der Waals surface area contributed by atoms with Crippen molar-refractivity contribution in [2.24, 2.45) is 0 Å². The fraction of sp³-hybridized carbons (Fsp3) is 0.286. The number of hydrogen-bond acceptors (Lipinski definition) is 3. The summed E-state index contributed by atoms with van der Waals surface area (Å²) < 4.78 is 43.2. The molecule has 1 unspecified atom stereocenters. The Balaban J connectivity index is 1.69. The number of hydrogen-bond donors (Lipinski definition) is 2. The molecule has 5 rings (SSSR count). The molecule has 3 aromatic rings. The van der Waals surface area contributed by atoms with Crippen LogP contribution < -0.4 is 5.32 Å². The molecular formula is C21H18F3N3O. The predicted octanol–water partition coefficient (Wildman–Crippen LogP) is 3.12. The molecule has 2 aliphatic rings. The summed E-state index contributed by atoms with van der Waals surface area (Å²) in [6.45, 7) is 1.34. The molecule has 0 saturated carbocycles. The van der Waals surface area contributed by atoms with Crippen molar-refractivity contribution in [1.29, 1.82) is 0 Å². The van der Waals surface area contributed by atoms with Crippen molar-refractivity contribution in [2.75, 3.05) is 6.54 Å². The van der Waals surface area contributed by atoms with Gasteiger partial charge in [-0.2, -0.15) is 5.10 Å². The Morgan fingerprint density at radius 2 is 1.82 bits per heavy atom. The Hall–Kier alpha value is -2.64. The highest BCUT2D eigenvalue weighted by atomic mass is 19.1. The fourth-order valence-corrected chi connectivity index (χ4v) is 4.37. The first-order valence-electron chi connectivity index (χ1n) is 9.25. The summed E-state index contributed by atoms with van der Waals surface area (Å²) in [6, 6.07) is 7.56. The number of aliphatic hydroxyl groups is 1. The van der Waals surface area contributed by atoms with Crippen LogP contribution in [0.1, 0.15) is 28.4 Å². The zero-order chi connectivity index (χ0) is 19.4. The van der Waals surface area contributed by atoms with Crippen molar-refractivity contribution in [1.82, 2.24) is 15.1 Å². The average molecular weight is 385 g/mol. The lowest BCUT2D eigenvalue weighted by Gasteiger charge is -2.22. The van der Waals surface area contributed by atoms with Gasteiger partial charge in [-0.15, -0.1) is 0 Å². The molecule has 1 aliphatic carbocycles. The smallest absolute Gasteiger partial charge is 0.129 e. The summed E-state index contributed by atoms with van der Waals surface area (Å²) in [4.78, 5) is 0. The number of fused-ring (bicyclic) bond motifs is 2. The summed E-state index contributed by atoms with van der Waals surface area (Å²) in [5.41, 5.74) is 4.12. The van der Waals surface area contributed by atoms with Crippen LogP contribution in [-0.4, -0.2) is 27.5 Å². The molecule has 4 nitrogen and oxygen atoms in total. The Morgan fingerprint density at radius 1 is 1.04 bits per heavy atom. The molecule has 0 amide bonds. The Morgan fingerprint density at radius 3 is 2.61 bits per heavy atom. The first-order valence-corrected chi connectivity index (χ1v) is 9.25. The summed E-state index contributed by atoms with van der Waals surface area (Å²) >= 11 is 0.